The molecule has 3 aromatic carbocycles. The Balaban J connectivity index is 1.82. The summed E-state index contributed by atoms with van der Waals surface area (Å²) in [5, 5.41) is 24.0. The second-order valence-corrected chi connectivity index (χ2v) is 8.45. The Labute approximate surface area is 194 Å². The van der Waals surface area contributed by atoms with Crippen LogP contribution in [0.25, 0.3) is 22.2 Å². The van der Waals surface area contributed by atoms with Gasteiger partial charge in [-0.25, -0.2) is 0 Å². The Bertz CT molecular complexity index is 1240. The summed E-state index contributed by atoms with van der Waals surface area (Å²) in [4.78, 5) is 13.6. The van der Waals surface area contributed by atoms with Gasteiger partial charge >= 0.3 is 0 Å². The predicted octanol–water partition coefficient (Wildman–Crippen LogP) is 6.08. The van der Waals surface area contributed by atoms with Crippen LogP contribution in [0, 0.1) is 6.92 Å². The fraction of sp³-hybridized carbons (Fsp3) is 0.250. The van der Waals surface area contributed by atoms with Crippen LogP contribution in [0.3, 0.4) is 0 Å². The Morgan fingerprint density at radius 3 is 2.36 bits per heavy atom. The summed E-state index contributed by atoms with van der Waals surface area (Å²) in [5.74, 6) is 0.357. The van der Waals surface area contributed by atoms with Crippen molar-refractivity contribution in [1.82, 2.24) is 9.88 Å². The van der Waals surface area contributed by atoms with Crippen molar-refractivity contribution in [2.75, 3.05) is 0 Å². The van der Waals surface area contributed by atoms with Gasteiger partial charge in [0, 0.05) is 17.4 Å². The molecule has 4 rings (SSSR count). The summed E-state index contributed by atoms with van der Waals surface area (Å²) in [5.41, 5.74) is 4.79. The zero-order valence-electron chi connectivity index (χ0n) is 19.1. The van der Waals surface area contributed by atoms with E-state index in [0.29, 0.717) is 13.0 Å². The molecule has 0 radical (unpaired) electrons. The SMILES string of the molecule is CCCCC(C(=O)NCc1ccccc1)n1c(-c2ccc(O)cc2)c(C)c2cc(O)ccc21. The average molecular weight is 443 g/mol. The number of phenolic OH excluding ortho intramolecular Hbond substituents is 2. The minimum atomic E-state index is -0.404. The molecule has 0 bridgehead atoms. The summed E-state index contributed by atoms with van der Waals surface area (Å²) in [7, 11) is 0. The topological polar surface area (TPSA) is 74.5 Å². The van der Waals surface area contributed by atoms with Crippen LogP contribution in [0.2, 0.25) is 0 Å². The van der Waals surface area contributed by atoms with Crippen LogP contribution >= 0.6 is 0 Å². The van der Waals surface area contributed by atoms with Crippen molar-refractivity contribution in [2.45, 2.75) is 45.7 Å². The molecule has 0 saturated carbocycles. The lowest BCUT2D eigenvalue weighted by atomic mass is 10.0. The summed E-state index contributed by atoms with van der Waals surface area (Å²) in [6.07, 6.45) is 2.59. The van der Waals surface area contributed by atoms with Gasteiger partial charge in [0.25, 0.3) is 0 Å². The highest BCUT2D eigenvalue weighted by Crippen LogP contribution is 2.39. The largest absolute Gasteiger partial charge is 0.508 e. The first-order valence-electron chi connectivity index (χ1n) is 11.4. The highest BCUT2D eigenvalue weighted by molar-refractivity contribution is 5.95. The van der Waals surface area contributed by atoms with E-state index < -0.39 is 6.04 Å². The third-order valence-electron chi connectivity index (χ3n) is 6.14. The number of amides is 1. The molecule has 1 heterocycles. The van der Waals surface area contributed by atoms with Gasteiger partial charge in [-0.2, -0.15) is 0 Å². The van der Waals surface area contributed by atoms with E-state index in [1.165, 1.54) is 0 Å². The van der Waals surface area contributed by atoms with E-state index in [4.69, 9.17) is 0 Å². The van der Waals surface area contributed by atoms with Gasteiger partial charge in [0.1, 0.15) is 17.5 Å². The molecule has 0 aliphatic rings. The van der Waals surface area contributed by atoms with Crippen LogP contribution in [0.5, 0.6) is 11.5 Å². The molecule has 170 valence electrons. The van der Waals surface area contributed by atoms with Crippen LogP contribution in [0.4, 0.5) is 0 Å². The summed E-state index contributed by atoms with van der Waals surface area (Å²) in [6.45, 7) is 4.60. The van der Waals surface area contributed by atoms with Crippen LogP contribution in [0.15, 0.2) is 72.8 Å². The minimum Gasteiger partial charge on any atom is -0.508 e. The zero-order valence-corrected chi connectivity index (χ0v) is 19.1. The molecule has 33 heavy (non-hydrogen) atoms. The number of nitrogens with one attached hydrogen (secondary N) is 1. The standard InChI is InChI=1S/C28H30N2O3/c1-3-4-10-26(28(33)29-18-20-8-6-5-7-9-20)30-25-16-15-23(32)17-24(25)19(2)27(30)21-11-13-22(31)14-12-21/h5-9,11-17,26,31-32H,3-4,10,18H2,1-2H3,(H,29,33). The number of rotatable bonds is 8. The summed E-state index contributed by atoms with van der Waals surface area (Å²) < 4.78 is 2.10. The van der Waals surface area contributed by atoms with Crippen molar-refractivity contribution >= 4 is 16.8 Å². The number of phenols is 2. The highest BCUT2D eigenvalue weighted by atomic mass is 16.3. The van der Waals surface area contributed by atoms with Gasteiger partial charge in [0.05, 0.1) is 5.69 Å². The molecule has 1 aromatic heterocycles. The molecule has 0 fully saturated rings. The summed E-state index contributed by atoms with van der Waals surface area (Å²) in [6, 6.07) is 21.8. The monoisotopic (exact) mass is 442 g/mol. The number of unbranched alkanes of at least 4 members (excludes halogenated alkanes) is 1. The fourth-order valence-electron chi connectivity index (χ4n) is 4.44. The number of aromatic nitrogens is 1. The van der Waals surface area contributed by atoms with Gasteiger partial charge in [-0.15, -0.1) is 0 Å². The Hall–Kier alpha value is -3.73. The quantitative estimate of drug-likeness (QED) is 0.310. The predicted molar refractivity (Wildman–Crippen MR) is 132 cm³/mol. The number of benzene rings is 3. The molecule has 0 aliphatic carbocycles. The first-order chi connectivity index (χ1) is 16.0. The maximum atomic E-state index is 13.6. The molecule has 1 unspecified atom stereocenters. The molecular formula is C28H30N2O3. The Morgan fingerprint density at radius 2 is 1.67 bits per heavy atom. The van der Waals surface area contributed by atoms with E-state index in [-0.39, 0.29) is 17.4 Å². The molecular weight excluding hydrogens is 412 g/mol. The lowest BCUT2D eigenvalue weighted by molar-refractivity contribution is -0.124. The fourth-order valence-corrected chi connectivity index (χ4v) is 4.44. The van der Waals surface area contributed by atoms with Gasteiger partial charge in [0.15, 0.2) is 0 Å². The molecule has 0 saturated heterocycles. The van der Waals surface area contributed by atoms with E-state index in [9.17, 15) is 15.0 Å². The number of aryl methyl sites for hydroxylation is 1. The number of carbonyl (C=O) groups excluding carboxylic acids is 1. The van der Waals surface area contributed by atoms with E-state index in [0.717, 1.165) is 46.1 Å². The Morgan fingerprint density at radius 1 is 0.970 bits per heavy atom. The second kappa shape index (κ2) is 9.82. The lowest BCUT2D eigenvalue weighted by Gasteiger charge is -2.23. The molecule has 1 amide bonds. The van der Waals surface area contributed by atoms with Crippen molar-refractivity contribution in [3.8, 4) is 22.8 Å². The molecule has 4 aromatic rings. The first-order valence-corrected chi connectivity index (χ1v) is 11.4. The third kappa shape index (κ3) is 4.72. The maximum absolute atomic E-state index is 13.6. The van der Waals surface area contributed by atoms with Gasteiger partial charge in [-0.3, -0.25) is 4.79 Å². The normalized spacial score (nSPS) is 12.1. The van der Waals surface area contributed by atoms with Gasteiger partial charge in [-0.1, -0.05) is 50.1 Å². The smallest absolute Gasteiger partial charge is 0.243 e. The third-order valence-corrected chi connectivity index (χ3v) is 6.14. The maximum Gasteiger partial charge on any atom is 0.243 e. The van der Waals surface area contributed by atoms with Crippen LogP contribution in [-0.4, -0.2) is 20.7 Å². The minimum absolute atomic E-state index is 0.0303. The Kier molecular flexibility index (Phi) is 6.68. The molecule has 5 heteroatoms. The summed E-state index contributed by atoms with van der Waals surface area (Å²) >= 11 is 0. The van der Waals surface area contributed by atoms with Gasteiger partial charge in [-0.05, 0) is 72.5 Å². The number of nitrogens with zero attached hydrogens (tertiary/aromatic N) is 1. The van der Waals surface area contributed by atoms with E-state index >= 15 is 0 Å². The van der Waals surface area contributed by atoms with Crippen molar-refractivity contribution in [2.24, 2.45) is 0 Å². The second-order valence-electron chi connectivity index (χ2n) is 8.45. The molecule has 3 N–H and O–H groups in total. The van der Waals surface area contributed by atoms with Gasteiger partial charge < -0.3 is 20.1 Å². The van der Waals surface area contributed by atoms with Crippen LogP contribution in [-0.2, 0) is 11.3 Å². The van der Waals surface area contributed by atoms with Crippen molar-refractivity contribution < 1.29 is 15.0 Å². The number of carbonyl (C=O) groups is 1. The number of hydrogen-bond donors (Lipinski definition) is 3. The lowest BCUT2D eigenvalue weighted by Crippen LogP contribution is -2.32. The van der Waals surface area contributed by atoms with E-state index in [1.807, 2.05) is 55.5 Å². The van der Waals surface area contributed by atoms with Crippen molar-refractivity contribution in [3.05, 3.63) is 83.9 Å². The van der Waals surface area contributed by atoms with E-state index in [2.05, 4.69) is 16.8 Å². The van der Waals surface area contributed by atoms with Gasteiger partial charge in [0.2, 0.25) is 5.91 Å². The molecule has 1 atom stereocenters. The molecule has 0 spiro atoms. The number of fused-ring (bicyclic) bond motifs is 1. The molecule has 5 nitrogen and oxygen atoms in total. The number of aromatic hydroxyl groups is 2. The average Bonchev–Trinajstić information content (AvgIpc) is 3.10. The molecule has 0 aliphatic heterocycles. The van der Waals surface area contributed by atoms with Crippen molar-refractivity contribution in [3.63, 3.8) is 0 Å². The first kappa shape index (κ1) is 22.5. The zero-order chi connectivity index (χ0) is 23.4. The number of hydrogen-bond acceptors (Lipinski definition) is 3. The van der Waals surface area contributed by atoms with Crippen LogP contribution < -0.4 is 5.32 Å². The van der Waals surface area contributed by atoms with Crippen LogP contribution in [0.1, 0.15) is 43.4 Å². The highest BCUT2D eigenvalue weighted by Gasteiger charge is 2.27. The van der Waals surface area contributed by atoms with Crippen molar-refractivity contribution in [1.29, 1.82) is 0 Å². The van der Waals surface area contributed by atoms with E-state index in [1.54, 1.807) is 24.3 Å².